The van der Waals surface area contributed by atoms with E-state index in [2.05, 4.69) is 4.90 Å². The molecule has 174 valence electrons. The van der Waals surface area contributed by atoms with Crippen molar-refractivity contribution in [3.63, 3.8) is 0 Å². The normalized spacial score (nSPS) is 14.6. The molecule has 0 saturated carbocycles. The smallest absolute Gasteiger partial charge is 0.243 e. The molecule has 1 heterocycles. The Balaban J connectivity index is 1.67. The molecule has 0 aliphatic carbocycles. The Bertz CT molecular complexity index is 1050. The van der Waals surface area contributed by atoms with Crippen molar-refractivity contribution >= 4 is 38.9 Å². The van der Waals surface area contributed by atoms with Gasteiger partial charge >= 0.3 is 0 Å². The predicted molar refractivity (Wildman–Crippen MR) is 129 cm³/mol. The number of carbonyl (C=O) groups is 1. The van der Waals surface area contributed by atoms with Crippen LogP contribution in [0.4, 0.5) is 11.4 Å². The van der Waals surface area contributed by atoms with E-state index in [1.165, 1.54) is 0 Å². The maximum atomic E-state index is 13.0. The number of hydrogen-bond acceptors (Lipinski definition) is 5. The van der Waals surface area contributed by atoms with Crippen molar-refractivity contribution in [1.82, 2.24) is 4.90 Å². The van der Waals surface area contributed by atoms with Crippen molar-refractivity contribution in [3.8, 4) is 5.75 Å². The van der Waals surface area contributed by atoms with Crippen molar-refractivity contribution in [3.05, 3.63) is 53.1 Å². The molecule has 0 aromatic heterocycles. The highest BCUT2D eigenvalue weighted by Crippen LogP contribution is 2.26. The first-order valence-corrected chi connectivity index (χ1v) is 12.8. The summed E-state index contributed by atoms with van der Waals surface area (Å²) < 4.78 is 31.6. The Hall–Kier alpha value is -2.45. The molecule has 1 aliphatic rings. The lowest BCUT2D eigenvalue weighted by atomic mass is 10.1. The monoisotopic (exact) mass is 479 g/mol. The van der Waals surface area contributed by atoms with Crippen LogP contribution in [0.25, 0.3) is 0 Å². The minimum atomic E-state index is -3.63. The van der Waals surface area contributed by atoms with Gasteiger partial charge in [-0.15, -0.1) is 0 Å². The lowest BCUT2D eigenvalue weighted by Gasteiger charge is -2.37. The van der Waals surface area contributed by atoms with Gasteiger partial charge in [-0.3, -0.25) is 9.10 Å². The van der Waals surface area contributed by atoms with Gasteiger partial charge in [0, 0.05) is 36.9 Å². The number of hydrogen-bond donors (Lipinski definition) is 0. The molecule has 1 saturated heterocycles. The van der Waals surface area contributed by atoms with Gasteiger partial charge in [-0.05, 0) is 62.7 Å². The fraction of sp³-hybridized carbons (Fsp3) is 0.435. The number of benzene rings is 2. The molecule has 0 spiro atoms. The van der Waals surface area contributed by atoms with Gasteiger partial charge in [-0.1, -0.05) is 17.7 Å². The predicted octanol–water partition coefficient (Wildman–Crippen LogP) is 3.55. The topological polar surface area (TPSA) is 70.2 Å². The molecule has 1 aliphatic heterocycles. The molecule has 0 radical (unpaired) electrons. The molecular formula is C23H30ClN3O4S. The Labute approximate surface area is 195 Å². The number of aryl methyl sites for hydroxylation is 1. The van der Waals surface area contributed by atoms with Crippen LogP contribution in [0.1, 0.15) is 19.4 Å². The minimum Gasteiger partial charge on any atom is -0.491 e. The number of piperazine rings is 1. The Morgan fingerprint density at radius 1 is 1.09 bits per heavy atom. The van der Waals surface area contributed by atoms with E-state index in [1.807, 2.05) is 39.0 Å². The second-order valence-corrected chi connectivity index (χ2v) is 10.6. The van der Waals surface area contributed by atoms with Crippen LogP contribution in [0.5, 0.6) is 5.75 Å². The molecule has 0 bridgehead atoms. The first-order chi connectivity index (χ1) is 15.0. The summed E-state index contributed by atoms with van der Waals surface area (Å²) in [4.78, 5) is 16.9. The first kappa shape index (κ1) is 24.2. The summed E-state index contributed by atoms with van der Waals surface area (Å²) in [5.41, 5.74) is 2.62. The van der Waals surface area contributed by atoms with Crippen LogP contribution >= 0.6 is 11.6 Å². The van der Waals surface area contributed by atoms with Crippen molar-refractivity contribution in [1.29, 1.82) is 0 Å². The number of nitrogens with zero attached hydrogens (tertiary/aromatic N) is 3. The third-order valence-corrected chi connectivity index (χ3v) is 6.70. The number of ether oxygens (including phenoxy) is 1. The summed E-state index contributed by atoms with van der Waals surface area (Å²) in [6.07, 6.45) is 1.13. The molecule has 2 aromatic carbocycles. The van der Waals surface area contributed by atoms with Gasteiger partial charge < -0.3 is 14.5 Å². The molecule has 7 nitrogen and oxygen atoms in total. The molecule has 1 amide bonds. The van der Waals surface area contributed by atoms with E-state index < -0.39 is 10.0 Å². The van der Waals surface area contributed by atoms with E-state index >= 15 is 0 Å². The summed E-state index contributed by atoms with van der Waals surface area (Å²) in [6.45, 7) is 7.99. The average Bonchev–Trinajstić information content (AvgIpc) is 2.73. The van der Waals surface area contributed by atoms with Crippen LogP contribution in [0.15, 0.2) is 42.5 Å². The molecule has 1 fully saturated rings. The third-order valence-electron chi connectivity index (χ3n) is 5.32. The molecule has 9 heteroatoms. The summed E-state index contributed by atoms with van der Waals surface area (Å²) in [6, 6.07) is 12.5. The summed E-state index contributed by atoms with van der Waals surface area (Å²) >= 11 is 6.15. The van der Waals surface area contributed by atoms with Gasteiger partial charge in [0.05, 0.1) is 18.0 Å². The minimum absolute atomic E-state index is 0.0165. The van der Waals surface area contributed by atoms with E-state index in [1.54, 1.807) is 29.2 Å². The van der Waals surface area contributed by atoms with E-state index in [4.69, 9.17) is 16.3 Å². The van der Waals surface area contributed by atoms with Crippen molar-refractivity contribution in [2.45, 2.75) is 26.9 Å². The molecule has 0 N–H and O–H groups in total. The van der Waals surface area contributed by atoms with Crippen LogP contribution < -0.4 is 13.9 Å². The lowest BCUT2D eigenvalue weighted by molar-refractivity contribution is -0.129. The quantitative estimate of drug-likeness (QED) is 0.607. The van der Waals surface area contributed by atoms with Gasteiger partial charge in [0.1, 0.15) is 12.3 Å². The Kier molecular flexibility index (Phi) is 7.56. The first-order valence-electron chi connectivity index (χ1n) is 10.6. The third kappa shape index (κ3) is 6.07. The summed E-state index contributed by atoms with van der Waals surface area (Å²) in [7, 11) is -3.63. The SMILES string of the molecule is Cc1ccc(Cl)cc1N1CCN(C(=O)CN(c2ccc(OC(C)C)cc2)S(C)(=O)=O)CC1. The highest BCUT2D eigenvalue weighted by atomic mass is 35.5. The molecule has 0 unspecified atom stereocenters. The maximum absolute atomic E-state index is 13.0. The fourth-order valence-corrected chi connectivity index (χ4v) is 4.72. The molecular weight excluding hydrogens is 450 g/mol. The van der Waals surface area contributed by atoms with E-state index in [9.17, 15) is 13.2 Å². The average molecular weight is 480 g/mol. The second-order valence-electron chi connectivity index (χ2n) is 8.23. The lowest BCUT2D eigenvalue weighted by Crippen LogP contribution is -2.52. The number of halogens is 1. The standard InChI is InChI=1S/C23H30ClN3O4S/c1-17(2)31-21-9-7-20(8-10-21)27(32(4,29)30)16-23(28)26-13-11-25(12-14-26)22-15-19(24)6-5-18(22)3/h5-10,15,17H,11-14,16H2,1-4H3. The van der Waals surface area contributed by atoms with Gasteiger partial charge in [0.15, 0.2) is 0 Å². The van der Waals surface area contributed by atoms with Crippen LogP contribution in [-0.2, 0) is 14.8 Å². The highest BCUT2D eigenvalue weighted by molar-refractivity contribution is 7.92. The molecule has 2 aromatic rings. The largest absolute Gasteiger partial charge is 0.491 e. The van der Waals surface area contributed by atoms with Crippen molar-refractivity contribution < 1.29 is 17.9 Å². The highest BCUT2D eigenvalue weighted by Gasteiger charge is 2.27. The Morgan fingerprint density at radius 3 is 2.28 bits per heavy atom. The molecule has 32 heavy (non-hydrogen) atoms. The molecule has 3 rings (SSSR count). The van der Waals surface area contributed by atoms with Gasteiger partial charge in [0.25, 0.3) is 0 Å². The number of sulfonamides is 1. The van der Waals surface area contributed by atoms with Crippen LogP contribution in [0, 0.1) is 6.92 Å². The zero-order valence-electron chi connectivity index (χ0n) is 18.9. The van der Waals surface area contributed by atoms with Crippen LogP contribution in [0.3, 0.4) is 0 Å². The van der Waals surface area contributed by atoms with Gasteiger partial charge in [0.2, 0.25) is 15.9 Å². The van der Waals surface area contributed by atoms with E-state index in [0.717, 1.165) is 21.8 Å². The fourth-order valence-electron chi connectivity index (χ4n) is 3.71. The van der Waals surface area contributed by atoms with E-state index in [-0.39, 0.29) is 18.6 Å². The Morgan fingerprint density at radius 2 is 1.72 bits per heavy atom. The number of anilines is 2. The zero-order chi connectivity index (χ0) is 23.5. The van der Waals surface area contributed by atoms with Crippen molar-refractivity contribution in [2.24, 2.45) is 0 Å². The number of rotatable bonds is 7. The number of carbonyl (C=O) groups excluding carboxylic acids is 1. The van der Waals surface area contributed by atoms with Gasteiger partial charge in [-0.25, -0.2) is 8.42 Å². The van der Waals surface area contributed by atoms with Gasteiger partial charge in [-0.2, -0.15) is 0 Å². The summed E-state index contributed by atoms with van der Waals surface area (Å²) in [5, 5.41) is 0.678. The second kappa shape index (κ2) is 10.0. The van der Waals surface area contributed by atoms with E-state index in [0.29, 0.717) is 42.6 Å². The zero-order valence-corrected chi connectivity index (χ0v) is 20.5. The van der Waals surface area contributed by atoms with Crippen LogP contribution in [0.2, 0.25) is 5.02 Å². The van der Waals surface area contributed by atoms with Crippen molar-refractivity contribution in [2.75, 3.05) is 48.2 Å². The van der Waals surface area contributed by atoms with Crippen LogP contribution in [-0.4, -0.2) is 64.3 Å². The number of amides is 1. The maximum Gasteiger partial charge on any atom is 0.243 e. The molecule has 0 atom stereocenters. The summed E-state index contributed by atoms with van der Waals surface area (Å²) in [5.74, 6) is 0.427.